The van der Waals surface area contributed by atoms with E-state index in [0.29, 0.717) is 16.7 Å². The zero-order valence-corrected chi connectivity index (χ0v) is 27.0. The number of para-hydroxylation sites is 2. The Kier molecular flexibility index (Phi) is 5.51. The van der Waals surface area contributed by atoms with Crippen LogP contribution in [0.3, 0.4) is 0 Å². The number of thiophene rings is 1. The lowest BCUT2D eigenvalue weighted by Crippen LogP contribution is -2.09. The van der Waals surface area contributed by atoms with Gasteiger partial charge in [0.15, 0.2) is 0 Å². The largest absolute Gasteiger partial charge is 0.455 e. The molecule has 0 spiro atoms. The van der Waals surface area contributed by atoms with Gasteiger partial charge >= 0.3 is 0 Å². The van der Waals surface area contributed by atoms with Crippen LogP contribution in [-0.2, 0) is 0 Å². The lowest BCUT2D eigenvalue weighted by atomic mass is 10.0. The smallest absolute Gasteiger partial charge is 0.143 e. The third-order valence-electron chi connectivity index (χ3n) is 9.34. The lowest BCUT2D eigenvalue weighted by Gasteiger charge is -2.26. The third kappa shape index (κ3) is 4.62. The van der Waals surface area contributed by atoms with Crippen molar-refractivity contribution in [3.05, 3.63) is 176 Å². The number of anilines is 3. The first kappa shape index (κ1) is 24.1. The van der Waals surface area contributed by atoms with Gasteiger partial charge in [-0.25, -0.2) is 0 Å². The minimum atomic E-state index is -0.138. The molecule has 0 radical (unpaired) electrons. The Bertz CT molecular complexity index is 3040. The van der Waals surface area contributed by atoms with E-state index in [4.69, 9.17) is 4.42 Å². The molecule has 0 atom stereocenters. The predicted octanol–water partition coefficient (Wildman–Crippen LogP) is 13.9. The van der Waals surface area contributed by atoms with E-state index >= 15 is 0 Å². The van der Waals surface area contributed by atoms with Crippen molar-refractivity contribution in [3.63, 3.8) is 0 Å². The number of hydrogen-bond acceptors (Lipinski definition) is 3. The van der Waals surface area contributed by atoms with E-state index in [0.717, 1.165) is 44.0 Å². The van der Waals surface area contributed by atoms with Crippen molar-refractivity contribution in [3.8, 4) is 22.3 Å². The molecule has 0 saturated heterocycles. The predicted molar refractivity (Wildman–Crippen MR) is 210 cm³/mol. The molecular formula is C46H29NOS. The van der Waals surface area contributed by atoms with Crippen LogP contribution in [0, 0.1) is 0 Å². The summed E-state index contributed by atoms with van der Waals surface area (Å²) in [6.45, 7) is 0. The van der Waals surface area contributed by atoms with Gasteiger partial charge in [-0.2, -0.15) is 0 Å². The zero-order valence-electron chi connectivity index (χ0n) is 30.2. The molecule has 0 amide bonds. The summed E-state index contributed by atoms with van der Waals surface area (Å²) in [5.74, 6) is 0. The number of nitrogens with zero attached hydrogens (tertiary/aromatic N) is 1. The molecule has 0 aliphatic carbocycles. The summed E-state index contributed by atoms with van der Waals surface area (Å²) in [6, 6.07) is 50.1. The van der Waals surface area contributed by atoms with Crippen LogP contribution in [0.25, 0.3) is 75.1 Å². The van der Waals surface area contributed by atoms with E-state index in [2.05, 4.69) is 60.7 Å². The molecule has 10 aromatic rings. The molecule has 2 heterocycles. The summed E-state index contributed by atoms with van der Waals surface area (Å²) >= 11 is 1.79. The molecule has 0 bridgehead atoms. The van der Waals surface area contributed by atoms with Crippen molar-refractivity contribution < 1.29 is 9.90 Å². The second-order valence-electron chi connectivity index (χ2n) is 12.2. The minimum Gasteiger partial charge on any atom is -0.455 e. The number of benzene rings is 8. The molecule has 2 nitrogen and oxygen atoms in total. The maximum atomic E-state index is 9.49. The highest BCUT2D eigenvalue weighted by atomic mass is 32.1. The molecule has 10 rings (SSSR count). The van der Waals surface area contributed by atoms with E-state index in [1.165, 1.54) is 20.2 Å². The first-order chi connectivity index (χ1) is 26.0. The Hall–Kier alpha value is -6.16. The van der Waals surface area contributed by atoms with Gasteiger partial charge in [-0.3, -0.25) is 0 Å². The molecule has 49 heavy (non-hydrogen) atoms. The number of rotatable bonds is 5. The Morgan fingerprint density at radius 2 is 1.14 bits per heavy atom. The van der Waals surface area contributed by atoms with Crippen molar-refractivity contribution >= 4 is 81.3 Å². The topological polar surface area (TPSA) is 16.4 Å². The van der Waals surface area contributed by atoms with Crippen molar-refractivity contribution in [2.24, 2.45) is 0 Å². The van der Waals surface area contributed by atoms with Crippen LogP contribution in [0.1, 0.15) is 5.48 Å². The fourth-order valence-corrected chi connectivity index (χ4v) is 8.22. The number of fused-ring (bicyclic) bond motifs is 7. The van der Waals surface area contributed by atoms with Crippen LogP contribution >= 0.6 is 11.3 Å². The summed E-state index contributed by atoms with van der Waals surface area (Å²) in [5, 5.41) is 6.35. The quantitative estimate of drug-likeness (QED) is 0.185. The Labute approximate surface area is 293 Å². The standard InChI is InChI=1S/C46H29NOS/c1-2-10-33-29-36(28-19-30(33)9-1)47(34-24-20-31(21-25-34)37-13-7-15-41-39-11-3-5-17-43(39)48-45(37)41)35-26-22-32(23-27-35)38-14-8-16-42-40-12-4-6-18-44(40)49-46(38)42/h1-29H/i20D,21D,24D,25D. The van der Waals surface area contributed by atoms with Gasteiger partial charge in [-0.1, -0.05) is 127 Å². The zero-order chi connectivity index (χ0) is 35.8. The monoisotopic (exact) mass is 647 g/mol. The van der Waals surface area contributed by atoms with Crippen LogP contribution in [0.5, 0.6) is 0 Å². The first-order valence-corrected chi connectivity index (χ1v) is 17.1. The van der Waals surface area contributed by atoms with E-state index < -0.39 is 0 Å². The van der Waals surface area contributed by atoms with E-state index in [-0.39, 0.29) is 35.4 Å². The van der Waals surface area contributed by atoms with Gasteiger partial charge in [-0.05, 0) is 75.9 Å². The average Bonchev–Trinajstić information content (AvgIpc) is 3.78. The molecule has 0 unspecified atom stereocenters. The minimum absolute atomic E-state index is 0.132. The Morgan fingerprint density at radius 3 is 2.00 bits per heavy atom. The molecule has 2 aromatic heterocycles. The van der Waals surface area contributed by atoms with Gasteiger partial charge in [0.05, 0.1) is 5.48 Å². The van der Waals surface area contributed by atoms with Crippen molar-refractivity contribution in [1.29, 1.82) is 0 Å². The number of furan rings is 1. The summed E-state index contributed by atoms with van der Waals surface area (Å²) < 4.78 is 46.5. The van der Waals surface area contributed by atoms with Crippen LogP contribution < -0.4 is 4.90 Å². The van der Waals surface area contributed by atoms with Crippen molar-refractivity contribution in [2.75, 3.05) is 4.90 Å². The molecule has 8 aromatic carbocycles. The molecule has 3 heteroatoms. The summed E-state index contributed by atoms with van der Waals surface area (Å²) in [4.78, 5) is 1.85. The van der Waals surface area contributed by atoms with Crippen LogP contribution in [0.2, 0.25) is 0 Å². The van der Waals surface area contributed by atoms with E-state index in [9.17, 15) is 5.48 Å². The summed E-state index contributed by atoms with van der Waals surface area (Å²) in [5.41, 5.74) is 5.80. The molecule has 230 valence electrons. The van der Waals surface area contributed by atoms with Crippen LogP contribution in [0.4, 0.5) is 17.1 Å². The van der Waals surface area contributed by atoms with Gasteiger partial charge in [0, 0.05) is 53.6 Å². The van der Waals surface area contributed by atoms with E-state index in [1.807, 2.05) is 95.9 Å². The highest BCUT2D eigenvalue weighted by Gasteiger charge is 2.17. The van der Waals surface area contributed by atoms with Gasteiger partial charge in [-0.15, -0.1) is 11.3 Å². The fraction of sp³-hybridized carbons (Fsp3) is 0. The van der Waals surface area contributed by atoms with Crippen molar-refractivity contribution in [2.45, 2.75) is 0 Å². The summed E-state index contributed by atoms with van der Waals surface area (Å²) in [6.07, 6.45) is 0. The van der Waals surface area contributed by atoms with Gasteiger partial charge < -0.3 is 9.32 Å². The van der Waals surface area contributed by atoms with Crippen LogP contribution in [0.15, 0.2) is 180 Å². The number of hydrogen-bond donors (Lipinski definition) is 0. The summed E-state index contributed by atoms with van der Waals surface area (Å²) in [7, 11) is 0. The Morgan fingerprint density at radius 1 is 0.469 bits per heavy atom. The average molecular weight is 648 g/mol. The molecule has 0 saturated carbocycles. The second kappa shape index (κ2) is 11.2. The second-order valence-corrected chi connectivity index (χ2v) is 13.3. The third-order valence-corrected chi connectivity index (χ3v) is 10.6. The highest BCUT2D eigenvalue weighted by Crippen LogP contribution is 2.42. The van der Waals surface area contributed by atoms with Gasteiger partial charge in [0.25, 0.3) is 0 Å². The molecule has 0 N–H and O–H groups in total. The normalized spacial score (nSPS) is 12.8. The maximum Gasteiger partial charge on any atom is 0.143 e. The highest BCUT2D eigenvalue weighted by molar-refractivity contribution is 7.26. The SMILES string of the molecule is [2H]c1c([2H])c(N(c2ccc(-c3cccc4c3sc3ccccc34)cc2)c2ccc3ccccc3c2)c([2H])c([2H])c1-c1cccc2c1oc1ccccc12. The fourth-order valence-electron chi connectivity index (χ4n) is 6.98. The van der Waals surface area contributed by atoms with Gasteiger partial charge in [0.1, 0.15) is 11.2 Å². The molecular weight excluding hydrogens is 615 g/mol. The van der Waals surface area contributed by atoms with Crippen LogP contribution in [-0.4, -0.2) is 0 Å². The van der Waals surface area contributed by atoms with Gasteiger partial charge in [0.2, 0.25) is 0 Å². The maximum absolute atomic E-state index is 9.49. The van der Waals surface area contributed by atoms with E-state index in [1.54, 1.807) is 11.3 Å². The lowest BCUT2D eigenvalue weighted by molar-refractivity contribution is 0.670. The molecule has 0 fully saturated rings. The molecule has 0 aliphatic rings. The van der Waals surface area contributed by atoms with Crippen molar-refractivity contribution in [1.82, 2.24) is 0 Å². The first-order valence-electron chi connectivity index (χ1n) is 18.3. The Balaban J connectivity index is 1.16. The molecule has 0 aliphatic heterocycles.